The Hall–Kier alpha value is -1.82. The van der Waals surface area contributed by atoms with Crippen LogP contribution in [0.4, 0.5) is 5.69 Å². The molecule has 1 aromatic rings. The van der Waals surface area contributed by atoms with E-state index in [0.29, 0.717) is 0 Å². The van der Waals surface area contributed by atoms with Crippen molar-refractivity contribution >= 4 is 34.4 Å². The molecular formula is C22H27N3O2S. The maximum Gasteiger partial charge on any atom is 0.240 e. The number of amidine groups is 1. The van der Waals surface area contributed by atoms with E-state index in [1.807, 2.05) is 31.2 Å². The lowest BCUT2D eigenvalue weighted by atomic mass is 9.53. The number of thioether (sulfide) groups is 1. The van der Waals surface area contributed by atoms with Crippen LogP contribution in [-0.4, -0.2) is 27.8 Å². The van der Waals surface area contributed by atoms with Gasteiger partial charge in [0.15, 0.2) is 5.17 Å². The number of carbonyl (C=O) groups is 2. The molecule has 28 heavy (non-hydrogen) atoms. The fourth-order valence-corrected chi connectivity index (χ4v) is 7.19. The maximum absolute atomic E-state index is 12.4. The molecule has 4 bridgehead atoms. The second-order valence-electron chi connectivity index (χ2n) is 9.28. The average Bonchev–Trinajstić information content (AvgIpc) is 2.91. The Balaban J connectivity index is 1.23. The number of carbonyl (C=O) groups excluding carboxylic acids is 2. The smallest absolute Gasteiger partial charge is 0.240 e. The van der Waals surface area contributed by atoms with Gasteiger partial charge in [0.25, 0.3) is 0 Å². The van der Waals surface area contributed by atoms with Crippen LogP contribution in [0.15, 0.2) is 29.3 Å². The summed E-state index contributed by atoms with van der Waals surface area (Å²) in [4.78, 5) is 29.9. The molecule has 1 saturated heterocycles. The number of nitrogens with zero attached hydrogens (tertiary/aromatic N) is 1. The van der Waals surface area contributed by atoms with Gasteiger partial charge in [-0.3, -0.25) is 14.6 Å². The van der Waals surface area contributed by atoms with Crippen molar-refractivity contribution in [3.63, 3.8) is 0 Å². The van der Waals surface area contributed by atoms with Gasteiger partial charge in [0.05, 0.1) is 5.54 Å². The van der Waals surface area contributed by atoms with Gasteiger partial charge >= 0.3 is 0 Å². The third kappa shape index (κ3) is 3.59. The fourth-order valence-electron chi connectivity index (χ4n) is 6.11. The Labute approximate surface area is 170 Å². The zero-order chi connectivity index (χ0) is 19.3. The Morgan fingerprint density at radius 2 is 1.89 bits per heavy atom. The lowest BCUT2D eigenvalue weighted by molar-refractivity contribution is -0.122. The molecule has 1 aromatic carbocycles. The minimum atomic E-state index is -0.391. The van der Waals surface area contributed by atoms with Crippen LogP contribution < -0.4 is 10.6 Å². The predicted octanol–water partition coefficient (Wildman–Crippen LogP) is 3.88. The second kappa shape index (κ2) is 6.90. The zero-order valence-corrected chi connectivity index (χ0v) is 17.1. The van der Waals surface area contributed by atoms with Crippen LogP contribution in [0.1, 0.15) is 50.5 Å². The Bertz CT molecular complexity index is 815. The first kappa shape index (κ1) is 18.2. The highest BCUT2D eigenvalue weighted by atomic mass is 32.2. The van der Waals surface area contributed by atoms with E-state index in [0.717, 1.165) is 34.2 Å². The van der Waals surface area contributed by atoms with E-state index >= 15 is 0 Å². The van der Waals surface area contributed by atoms with Gasteiger partial charge in [0.2, 0.25) is 11.8 Å². The van der Waals surface area contributed by atoms with Gasteiger partial charge in [-0.1, -0.05) is 23.9 Å². The van der Waals surface area contributed by atoms with E-state index < -0.39 is 5.25 Å². The first-order valence-corrected chi connectivity index (χ1v) is 11.3. The molecule has 1 unspecified atom stereocenters. The molecule has 148 valence electrons. The van der Waals surface area contributed by atoms with Gasteiger partial charge in [-0.2, -0.15) is 0 Å². The van der Waals surface area contributed by atoms with Gasteiger partial charge in [0.1, 0.15) is 5.25 Å². The van der Waals surface area contributed by atoms with E-state index in [-0.39, 0.29) is 23.8 Å². The second-order valence-corrected chi connectivity index (χ2v) is 10.5. The molecule has 5 aliphatic rings. The number of amides is 2. The molecule has 0 radical (unpaired) electrons. The SMILES string of the molecule is Cc1cccc(NC(=O)CC2SC(=NC34CC5CC(CC(C5)C3)C4)NC2=O)c1. The quantitative estimate of drug-likeness (QED) is 0.810. The van der Waals surface area contributed by atoms with Crippen molar-refractivity contribution < 1.29 is 9.59 Å². The minimum absolute atomic E-state index is 0.0447. The summed E-state index contributed by atoms with van der Waals surface area (Å²) in [6.45, 7) is 1.99. The van der Waals surface area contributed by atoms with Gasteiger partial charge in [0, 0.05) is 12.1 Å². The summed E-state index contributed by atoms with van der Waals surface area (Å²) in [7, 11) is 0. The van der Waals surface area contributed by atoms with Crippen LogP contribution in [0.25, 0.3) is 0 Å². The number of anilines is 1. The summed E-state index contributed by atoms with van der Waals surface area (Å²) in [6, 6.07) is 7.70. The summed E-state index contributed by atoms with van der Waals surface area (Å²) in [5.41, 5.74) is 1.91. The number of hydrogen-bond acceptors (Lipinski definition) is 4. The molecular weight excluding hydrogens is 370 g/mol. The van der Waals surface area contributed by atoms with Crippen LogP contribution in [-0.2, 0) is 9.59 Å². The summed E-state index contributed by atoms with van der Waals surface area (Å²) in [6.07, 6.45) is 7.85. The van der Waals surface area contributed by atoms with Crippen LogP contribution >= 0.6 is 11.8 Å². The molecule has 5 fully saturated rings. The monoisotopic (exact) mass is 397 g/mol. The molecule has 4 aliphatic carbocycles. The number of nitrogens with one attached hydrogen (secondary N) is 2. The van der Waals surface area contributed by atoms with Crippen molar-refractivity contribution in [3.8, 4) is 0 Å². The normalized spacial score (nSPS) is 37.3. The minimum Gasteiger partial charge on any atom is -0.326 e. The van der Waals surface area contributed by atoms with Crippen LogP contribution in [0.2, 0.25) is 0 Å². The summed E-state index contributed by atoms with van der Waals surface area (Å²) in [5, 5.41) is 6.20. The van der Waals surface area contributed by atoms with Crippen molar-refractivity contribution in [2.45, 2.75) is 62.7 Å². The lowest BCUT2D eigenvalue weighted by Crippen LogP contribution is -2.50. The Morgan fingerprint density at radius 1 is 1.21 bits per heavy atom. The molecule has 1 atom stereocenters. The zero-order valence-electron chi connectivity index (χ0n) is 16.2. The van der Waals surface area contributed by atoms with Gasteiger partial charge in [-0.05, 0) is 80.9 Å². The molecule has 1 aliphatic heterocycles. The van der Waals surface area contributed by atoms with Crippen molar-refractivity contribution in [3.05, 3.63) is 29.8 Å². The van der Waals surface area contributed by atoms with E-state index in [1.165, 1.54) is 50.3 Å². The summed E-state index contributed by atoms with van der Waals surface area (Å²) in [5.74, 6) is 2.26. The van der Waals surface area contributed by atoms with E-state index in [2.05, 4.69) is 10.6 Å². The molecule has 6 rings (SSSR count). The Morgan fingerprint density at radius 3 is 2.54 bits per heavy atom. The van der Waals surface area contributed by atoms with E-state index in [9.17, 15) is 9.59 Å². The van der Waals surface area contributed by atoms with Crippen LogP contribution in [0.3, 0.4) is 0 Å². The first-order valence-electron chi connectivity index (χ1n) is 10.4. The highest BCUT2D eigenvalue weighted by molar-refractivity contribution is 8.15. The standard InChI is InChI=1S/C22H27N3O2S/c1-13-3-2-4-17(5-13)23-19(26)9-18-20(27)24-21(28-18)25-22-10-14-6-15(11-22)8-16(7-14)12-22/h2-5,14-16,18H,6-12H2,1H3,(H,23,26)(H,24,25,27). The van der Waals surface area contributed by atoms with Gasteiger partial charge in [-0.15, -0.1) is 0 Å². The number of aliphatic imine (C=N–C) groups is 1. The molecule has 0 spiro atoms. The highest BCUT2D eigenvalue weighted by Gasteiger charge is 2.51. The average molecular weight is 398 g/mol. The summed E-state index contributed by atoms with van der Waals surface area (Å²) < 4.78 is 0. The largest absolute Gasteiger partial charge is 0.326 e. The summed E-state index contributed by atoms with van der Waals surface area (Å²) >= 11 is 1.44. The molecule has 1 heterocycles. The molecule has 5 nitrogen and oxygen atoms in total. The maximum atomic E-state index is 12.4. The number of hydrogen-bond donors (Lipinski definition) is 2. The van der Waals surface area contributed by atoms with Gasteiger partial charge < -0.3 is 10.6 Å². The number of rotatable bonds is 4. The Kier molecular flexibility index (Phi) is 4.49. The highest BCUT2D eigenvalue weighted by Crippen LogP contribution is 2.57. The molecule has 2 amide bonds. The van der Waals surface area contributed by atoms with Crippen molar-refractivity contribution in [1.82, 2.24) is 5.32 Å². The third-order valence-corrected chi connectivity index (χ3v) is 7.88. The molecule has 6 heteroatoms. The number of aryl methyl sites for hydroxylation is 1. The lowest BCUT2D eigenvalue weighted by Gasteiger charge is -2.55. The van der Waals surface area contributed by atoms with Crippen molar-refractivity contribution in [1.29, 1.82) is 0 Å². The number of benzene rings is 1. The van der Waals surface area contributed by atoms with Crippen molar-refractivity contribution in [2.24, 2.45) is 22.7 Å². The third-order valence-electron chi connectivity index (χ3n) is 6.79. The first-order chi connectivity index (χ1) is 13.5. The van der Waals surface area contributed by atoms with Crippen LogP contribution in [0, 0.1) is 24.7 Å². The molecule has 0 aromatic heterocycles. The van der Waals surface area contributed by atoms with Crippen molar-refractivity contribution in [2.75, 3.05) is 5.32 Å². The van der Waals surface area contributed by atoms with E-state index in [1.54, 1.807) is 0 Å². The topological polar surface area (TPSA) is 70.6 Å². The molecule has 2 N–H and O–H groups in total. The fraction of sp³-hybridized carbons (Fsp3) is 0.591. The van der Waals surface area contributed by atoms with Crippen LogP contribution in [0.5, 0.6) is 0 Å². The predicted molar refractivity (Wildman–Crippen MR) is 112 cm³/mol. The van der Waals surface area contributed by atoms with Gasteiger partial charge in [-0.25, -0.2) is 0 Å². The van der Waals surface area contributed by atoms with E-state index in [4.69, 9.17) is 4.99 Å². The molecule has 4 saturated carbocycles.